The van der Waals surface area contributed by atoms with E-state index in [0.29, 0.717) is 25.7 Å². The summed E-state index contributed by atoms with van der Waals surface area (Å²) >= 11 is 5.73. The van der Waals surface area contributed by atoms with E-state index >= 15 is 0 Å². The van der Waals surface area contributed by atoms with Gasteiger partial charge in [0.25, 0.3) is 0 Å². The van der Waals surface area contributed by atoms with E-state index in [9.17, 15) is 22.4 Å². The lowest BCUT2D eigenvalue weighted by atomic mass is 9.81. The second-order valence-electron chi connectivity index (χ2n) is 8.11. The number of piperidine rings is 1. The van der Waals surface area contributed by atoms with Crippen LogP contribution in [-0.2, 0) is 24.3 Å². The van der Waals surface area contributed by atoms with E-state index in [1.54, 1.807) is 6.92 Å². The number of nitrogens with zero attached hydrogens (tertiary/aromatic N) is 1. The second-order valence-corrected chi connectivity index (χ2v) is 10.5. The maximum Gasteiger partial charge on any atom is 0.331 e. The Balaban J connectivity index is 1.65. The topological polar surface area (TPSA) is 92.8 Å². The highest BCUT2D eigenvalue weighted by atomic mass is 35.5. The first-order valence-corrected chi connectivity index (χ1v) is 12.5. The van der Waals surface area contributed by atoms with E-state index in [1.165, 1.54) is 10.4 Å². The van der Waals surface area contributed by atoms with Gasteiger partial charge in [-0.2, -0.15) is 4.31 Å². The fraction of sp³-hybridized carbons (Fsp3) is 0.619. The zero-order valence-corrected chi connectivity index (χ0v) is 19.1. The van der Waals surface area contributed by atoms with Crippen LogP contribution in [0, 0.1) is 11.7 Å². The SMILES string of the molecule is CCOC(=O)C1(NC(=O)C2CCN(S(=O)(=O)c3ccc(F)c(Cl)c3)CC2)CCCCC1. The summed E-state index contributed by atoms with van der Waals surface area (Å²) in [5.74, 6) is -1.71. The summed E-state index contributed by atoms with van der Waals surface area (Å²) in [7, 11) is -3.83. The van der Waals surface area contributed by atoms with Crippen LogP contribution in [0.4, 0.5) is 4.39 Å². The molecule has 0 atom stereocenters. The van der Waals surface area contributed by atoms with Gasteiger partial charge < -0.3 is 10.1 Å². The van der Waals surface area contributed by atoms with Crippen molar-refractivity contribution in [3.8, 4) is 0 Å². The summed E-state index contributed by atoms with van der Waals surface area (Å²) in [5.41, 5.74) is -0.987. The van der Waals surface area contributed by atoms with Crippen LogP contribution in [0.15, 0.2) is 23.1 Å². The molecule has 1 saturated heterocycles. The van der Waals surface area contributed by atoms with Gasteiger partial charge in [-0.1, -0.05) is 30.9 Å². The number of halogens is 2. The summed E-state index contributed by atoms with van der Waals surface area (Å²) in [6.07, 6.45) is 4.47. The molecule has 0 radical (unpaired) electrons. The Bertz CT molecular complexity index is 926. The fourth-order valence-electron chi connectivity index (χ4n) is 4.29. The molecule has 1 aliphatic heterocycles. The smallest absolute Gasteiger partial charge is 0.331 e. The van der Waals surface area contributed by atoms with Crippen molar-refractivity contribution < 1.29 is 27.1 Å². The predicted molar refractivity (Wildman–Crippen MR) is 113 cm³/mol. The van der Waals surface area contributed by atoms with Gasteiger partial charge in [0, 0.05) is 19.0 Å². The van der Waals surface area contributed by atoms with Crippen LogP contribution in [0.5, 0.6) is 0 Å². The van der Waals surface area contributed by atoms with Gasteiger partial charge in [0.2, 0.25) is 15.9 Å². The van der Waals surface area contributed by atoms with E-state index in [0.717, 1.165) is 31.4 Å². The van der Waals surface area contributed by atoms with Crippen LogP contribution in [-0.4, -0.2) is 49.8 Å². The number of nitrogens with one attached hydrogen (secondary N) is 1. The number of amides is 1. The van der Waals surface area contributed by atoms with Crippen molar-refractivity contribution in [3.05, 3.63) is 29.0 Å². The minimum Gasteiger partial charge on any atom is -0.464 e. The van der Waals surface area contributed by atoms with Crippen molar-refractivity contribution in [1.29, 1.82) is 0 Å². The molecule has 0 unspecified atom stereocenters. The number of hydrogen-bond donors (Lipinski definition) is 1. The Kier molecular flexibility index (Phi) is 7.59. The number of ether oxygens (including phenoxy) is 1. The summed E-state index contributed by atoms with van der Waals surface area (Å²) in [6, 6.07) is 3.30. The highest BCUT2D eigenvalue weighted by Crippen LogP contribution is 2.31. The molecule has 172 valence electrons. The average molecular weight is 475 g/mol. The lowest BCUT2D eigenvalue weighted by molar-refractivity contribution is -0.155. The molecule has 2 aliphatic rings. The van der Waals surface area contributed by atoms with Crippen LogP contribution in [0.1, 0.15) is 51.9 Å². The molecule has 31 heavy (non-hydrogen) atoms. The van der Waals surface area contributed by atoms with Gasteiger partial charge in [-0.25, -0.2) is 17.6 Å². The molecule has 10 heteroatoms. The minimum absolute atomic E-state index is 0.0785. The molecule has 0 bridgehead atoms. The van der Waals surface area contributed by atoms with E-state index in [2.05, 4.69) is 5.32 Å². The standard InChI is InChI=1S/C21H28ClFN2O5S/c1-2-30-20(27)21(10-4-3-5-11-21)24-19(26)15-8-12-25(13-9-15)31(28,29)16-6-7-18(23)17(22)14-16/h6-7,14-15H,2-5,8-13H2,1H3,(H,24,26). The Morgan fingerprint density at radius 3 is 2.45 bits per heavy atom. The van der Waals surface area contributed by atoms with Crippen LogP contribution < -0.4 is 5.32 Å². The van der Waals surface area contributed by atoms with Crippen molar-refractivity contribution in [2.45, 2.75) is 62.3 Å². The van der Waals surface area contributed by atoms with Crippen molar-refractivity contribution in [2.75, 3.05) is 19.7 Å². The molecule has 1 aliphatic carbocycles. The molecule has 1 heterocycles. The molecule has 7 nitrogen and oxygen atoms in total. The van der Waals surface area contributed by atoms with E-state index in [1.807, 2.05) is 0 Å². The van der Waals surface area contributed by atoms with Crippen molar-refractivity contribution in [1.82, 2.24) is 9.62 Å². The van der Waals surface area contributed by atoms with E-state index in [4.69, 9.17) is 16.3 Å². The third-order valence-corrected chi connectivity index (χ3v) is 8.27. The lowest BCUT2D eigenvalue weighted by Crippen LogP contribution is -2.58. The molecule has 0 spiro atoms. The van der Waals surface area contributed by atoms with Gasteiger partial charge in [0.15, 0.2) is 0 Å². The molecule has 0 aromatic heterocycles. The molecule has 3 rings (SSSR count). The van der Waals surface area contributed by atoms with Gasteiger partial charge in [0.1, 0.15) is 11.4 Å². The fourth-order valence-corrected chi connectivity index (χ4v) is 6.03. The molecule has 1 saturated carbocycles. The third-order valence-electron chi connectivity index (χ3n) is 6.09. The predicted octanol–water partition coefficient (Wildman–Crippen LogP) is 3.26. The van der Waals surface area contributed by atoms with Crippen molar-refractivity contribution >= 4 is 33.5 Å². The number of benzene rings is 1. The van der Waals surface area contributed by atoms with Gasteiger partial charge >= 0.3 is 5.97 Å². The van der Waals surface area contributed by atoms with Crippen molar-refractivity contribution in [2.24, 2.45) is 5.92 Å². The number of carbonyl (C=O) groups is 2. The summed E-state index contributed by atoms with van der Waals surface area (Å²) in [6.45, 7) is 2.30. The first-order valence-electron chi connectivity index (χ1n) is 10.6. The largest absolute Gasteiger partial charge is 0.464 e. The Labute approximate surface area is 187 Å². The molecule has 1 aromatic rings. The number of hydrogen-bond acceptors (Lipinski definition) is 5. The normalized spacial score (nSPS) is 20.2. The summed E-state index contributed by atoms with van der Waals surface area (Å²) in [4.78, 5) is 25.4. The van der Waals surface area contributed by atoms with E-state index < -0.39 is 33.3 Å². The molecule has 1 amide bonds. The van der Waals surface area contributed by atoms with Crippen LogP contribution >= 0.6 is 11.6 Å². The first-order chi connectivity index (χ1) is 14.7. The van der Waals surface area contributed by atoms with Gasteiger partial charge in [-0.05, 0) is 50.8 Å². The van der Waals surface area contributed by atoms with Crippen LogP contribution in [0.3, 0.4) is 0 Å². The highest BCUT2D eigenvalue weighted by Gasteiger charge is 2.44. The van der Waals surface area contributed by atoms with Crippen molar-refractivity contribution in [3.63, 3.8) is 0 Å². The molecular weight excluding hydrogens is 447 g/mol. The Hall–Kier alpha value is -1.71. The summed E-state index contributed by atoms with van der Waals surface area (Å²) in [5, 5.41) is 2.69. The monoisotopic (exact) mass is 474 g/mol. The lowest BCUT2D eigenvalue weighted by Gasteiger charge is -2.38. The highest BCUT2D eigenvalue weighted by molar-refractivity contribution is 7.89. The number of sulfonamides is 1. The number of carbonyl (C=O) groups excluding carboxylic acids is 2. The van der Waals surface area contributed by atoms with E-state index in [-0.39, 0.29) is 35.5 Å². The maximum absolute atomic E-state index is 13.4. The summed E-state index contributed by atoms with van der Waals surface area (Å²) < 4.78 is 45.6. The number of esters is 1. The Morgan fingerprint density at radius 2 is 1.87 bits per heavy atom. The molecule has 1 N–H and O–H groups in total. The van der Waals surface area contributed by atoms with Gasteiger partial charge in [-0.3, -0.25) is 4.79 Å². The number of rotatable bonds is 6. The molecule has 1 aromatic carbocycles. The van der Waals surface area contributed by atoms with Gasteiger partial charge in [0.05, 0.1) is 16.5 Å². The van der Waals surface area contributed by atoms with Crippen LogP contribution in [0.2, 0.25) is 5.02 Å². The zero-order chi connectivity index (χ0) is 22.6. The molecule has 2 fully saturated rings. The Morgan fingerprint density at radius 1 is 1.23 bits per heavy atom. The van der Waals surface area contributed by atoms with Crippen LogP contribution in [0.25, 0.3) is 0 Å². The average Bonchev–Trinajstić information content (AvgIpc) is 2.76. The molecular formula is C21H28ClFN2O5S. The second kappa shape index (κ2) is 9.83. The third kappa shape index (κ3) is 5.21. The quantitative estimate of drug-likeness (QED) is 0.639. The minimum atomic E-state index is -3.83. The zero-order valence-electron chi connectivity index (χ0n) is 17.5. The van der Waals surface area contributed by atoms with Gasteiger partial charge in [-0.15, -0.1) is 0 Å². The first kappa shape index (κ1) is 23.9. The maximum atomic E-state index is 13.4.